The van der Waals surface area contributed by atoms with Gasteiger partial charge in [-0.1, -0.05) is 6.92 Å². The van der Waals surface area contributed by atoms with Crippen LogP contribution in [0.5, 0.6) is 0 Å². The predicted octanol–water partition coefficient (Wildman–Crippen LogP) is 0.243. The molecule has 3 nitrogen and oxygen atoms in total. The van der Waals surface area contributed by atoms with Crippen molar-refractivity contribution in [3.8, 4) is 0 Å². The topological polar surface area (TPSA) is 37.4 Å². The minimum atomic E-state index is -2.33. The van der Waals surface area contributed by atoms with Crippen molar-refractivity contribution < 1.29 is 8.42 Å². The van der Waals surface area contributed by atoms with Crippen molar-refractivity contribution in [3.05, 3.63) is 0 Å². The van der Waals surface area contributed by atoms with E-state index in [0.717, 1.165) is 6.42 Å². The smallest absolute Gasteiger partial charge is 0.204 e. The first kappa shape index (κ1) is 8.01. The standard InChI is InChI=1S/C6H13NO2S/c1-5-3-6(2)7(4-5)10(8)9/h5-6,10H,3-4H2,1-2H3. The van der Waals surface area contributed by atoms with E-state index < -0.39 is 10.9 Å². The van der Waals surface area contributed by atoms with Gasteiger partial charge in [0.15, 0.2) is 0 Å². The van der Waals surface area contributed by atoms with Gasteiger partial charge in [0.2, 0.25) is 10.9 Å². The van der Waals surface area contributed by atoms with Gasteiger partial charge in [-0.25, -0.2) is 12.7 Å². The average molecular weight is 163 g/mol. The molecule has 0 radical (unpaired) electrons. The second-order valence-electron chi connectivity index (χ2n) is 3.05. The van der Waals surface area contributed by atoms with Crippen molar-refractivity contribution in [1.82, 2.24) is 4.31 Å². The second kappa shape index (κ2) is 2.88. The maximum Gasteiger partial charge on any atom is 0.204 e. The van der Waals surface area contributed by atoms with Gasteiger partial charge in [-0.15, -0.1) is 0 Å². The van der Waals surface area contributed by atoms with Crippen LogP contribution in [-0.4, -0.2) is 25.3 Å². The summed E-state index contributed by atoms with van der Waals surface area (Å²) < 4.78 is 22.6. The molecule has 1 saturated heterocycles. The lowest BCUT2D eigenvalue weighted by Gasteiger charge is -2.10. The zero-order valence-electron chi connectivity index (χ0n) is 6.28. The molecular formula is C6H13NO2S. The van der Waals surface area contributed by atoms with Crippen molar-refractivity contribution in [2.45, 2.75) is 26.3 Å². The molecule has 1 aliphatic rings. The van der Waals surface area contributed by atoms with Crippen molar-refractivity contribution in [3.63, 3.8) is 0 Å². The maximum atomic E-state index is 10.5. The molecule has 2 atom stereocenters. The lowest BCUT2D eigenvalue weighted by atomic mass is 10.1. The van der Waals surface area contributed by atoms with E-state index in [1.54, 1.807) is 4.31 Å². The normalized spacial score (nSPS) is 35.5. The fraction of sp³-hybridized carbons (Fsp3) is 1.00. The van der Waals surface area contributed by atoms with E-state index >= 15 is 0 Å². The third kappa shape index (κ3) is 1.49. The molecule has 0 spiro atoms. The summed E-state index contributed by atoms with van der Waals surface area (Å²) in [7, 11) is -2.33. The highest BCUT2D eigenvalue weighted by Crippen LogP contribution is 2.21. The fourth-order valence-corrected chi connectivity index (χ4v) is 2.33. The van der Waals surface area contributed by atoms with Gasteiger partial charge in [-0.3, -0.25) is 0 Å². The van der Waals surface area contributed by atoms with Crippen LogP contribution in [0.3, 0.4) is 0 Å². The molecule has 0 aromatic carbocycles. The molecule has 0 aromatic heterocycles. The minimum absolute atomic E-state index is 0.219. The molecule has 10 heavy (non-hydrogen) atoms. The van der Waals surface area contributed by atoms with E-state index in [1.807, 2.05) is 6.92 Å². The van der Waals surface area contributed by atoms with Crippen LogP contribution in [0.1, 0.15) is 20.3 Å². The summed E-state index contributed by atoms with van der Waals surface area (Å²) in [4.78, 5) is 0. The van der Waals surface area contributed by atoms with Crippen LogP contribution in [0.25, 0.3) is 0 Å². The van der Waals surface area contributed by atoms with Gasteiger partial charge in [0.25, 0.3) is 0 Å². The molecule has 0 amide bonds. The van der Waals surface area contributed by atoms with E-state index in [1.165, 1.54) is 0 Å². The Labute approximate surface area is 63.1 Å². The number of nitrogens with zero attached hydrogens (tertiary/aromatic N) is 1. The van der Waals surface area contributed by atoms with Gasteiger partial charge in [0.05, 0.1) is 0 Å². The molecule has 1 heterocycles. The molecule has 2 unspecified atom stereocenters. The Morgan fingerprint density at radius 3 is 2.20 bits per heavy atom. The second-order valence-corrected chi connectivity index (χ2v) is 4.04. The summed E-state index contributed by atoms with van der Waals surface area (Å²) >= 11 is 0. The van der Waals surface area contributed by atoms with Gasteiger partial charge >= 0.3 is 0 Å². The summed E-state index contributed by atoms with van der Waals surface area (Å²) in [5.74, 6) is 0.530. The van der Waals surface area contributed by atoms with Crippen molar-refractivity contribution in [2.75, 3.05) is 6.54 Å². The summed E-state index contributed by atoms with van der Waals surface area (Å²) in [6, 6.07) is 0.219. The fourth-order valence-electron chi connectivity index (χ4n) is 1.51. The first-order chi connectivity index (χ1) is 4.61. The minimum Gasteiger partial charge on any atom is -0.215 e. The van der Waals surface area contributed by atoms with Gasteiger partial charge in [-0.2, -0.15) is 0 Å². The Hall–Kier alpha value is -0.0900. The average Bonchev–Trinajstić information content (AvgIpc) is 2.10. The molecule has 0 N–H and O–H groups in total. The highest BCUT2D eigenvalue weighted by atomic mass is 32.2. The number of thiol groups is 1. The van der Waals surface area contributed by atoms with Crippen LogP contribution in [0.2, 0.25) is 0 Å². The van der Waals surface area contributed by atoms with Gasteiger partial charge in [0.1, 0.15) is 0 Å². The molecule has 1 fully saturated rings. The van der Waals surface area contributed by atoms with E-state index in [2.05, 4.69) is 6.92 Å². The molecule has 0 saturated carbocycles. The van der Waals surface area contributed by atoms with Crippen LogP contribution in [0.15, 0.2) is 0 Å². The molecule has 0 bridgehead atoms. The van der Waals surface area contributed by atoms with Gasteiger partial charge in [-0.05, 0) is 19.3 Å². The third-order valence-corrected chi connectivity index (χ3v) is 2.94. The Morgan fingerprint density at radius 2 is 2.00 bits per heavy atom. The van der Waals surface area contributed by atoms with Gasteiger partial charge < -0.3 is 0 Å². The van der Waals surface area contributed by atoms with Crippen LogP contribution in [0.4, 0.5) is 0 Å². The van der Waals surface area contributed by atoms with Crippen LogP contribution in [0, 0.1) is 5.92 Å². The Kier molecular flexibility index (Phi) is 2.31. The number of hydrogen-bond acceptors (Lipinski definition) is 2. The van der Waals surface area contributed by atoms with Crippen molar-refractivity contribution in [1.29, 1.82) is 0 Å². The van der Waals surface area contributed by atoms with E-state index in [4.69, 9.17) is 0 Å². The molecular weight excluding hydrogens is 150 g/mol. The molecule has 0 aromatic rings. The highest BCUT2D eigenvalue weighted by Gasteiger charge is 2.27. The summed E-state index contributed by atoms with van der Waals surface area (Å²) in [6.45, 7) is 4.74. The summed E-state index contributed by atoms with van der Waals surface area (Å²) in [5.41, 5.74) is 0. The SMILES string of the molecule is CC1CC(C)N([SH](=O)=O)C1. The number of hydrogen-bond donors (Lipinski definition) is 1. The first-order valence-corrected chi connectivity index (χ1v) is 4.65. The third-order valence-electron chi connectivity index (χ3n) is 1.96. The quantitative estimate of drug-likeness (QED) is 0.562. The van der Waals surface area contributed by atoms with Crippen molar-refractivity contribution in [2.24, 2.45) is 5.92 Å². The molecule has 60 valence electrons. The van der Waals surface area contributed by atoms with Crippen LogP contribution < -0.4 is 0 Å². The van der Waals surface area contributed by atoms with E-state index in [-0.39, 0.29) is 6.04 Å². The molecule has 1 aliphatic heterocycles. The Balaban J connectivity index is 2.63. The summed E-state index contributed by atoms with van der Waals surface area (Å²) in [6.07, 6.45) is 1.00. The molecule has 1 rings (SSSR count). The zero-order valence-corrected chi connectivity index (χ0v) is 7.17. The van der Waals surface area contributed by atoms with Crippen molar-refractivity contribution >= 4 is 10.9 Å². The molecule has 0 aliphatic carbocycles. The van der Waals surface area contributed by atoms with E-state index in [0.29, 0.717) is 12.5 Å². The molecule has 4 heteroatoms. The lowest BCUT2D eigenvalue weighted by molar-refractivity contribution is 0.420. The predicted molar refractivity (Wildman–Crippen MR) is 40.3 cm³/mol. The first-order valence-electron chi connectivity index (χ1n) is 3.52. The monoisotopic (exact) mass is 163 g/mol. The van der Waals surface area contributed by atoms with Gasteiger partial charge in [0, 0.05) is 12.6 Å². The summed E-state index contributed by atoms with van der Waals surface area (Å²) in [5, 5.41) is 0. The number of rotatable bonds is 1. The zero-order chi connectivity index (χ0) is 7.72. The highest BCUT2D eigenvalue weighted by molar-refractivity contribution is 7.69. The maximum absolute atomic E-state index is 10.5. The van der Waals surface area contributed by atoms with Crippen LogP contribution in [-0.2, 0) is 10.9 Å². The van der Waals surface area contributed by atoms with Crippen LogP contribution >= 0.6 is 0 Å². The van der Waals surface area contributed by atoms with E-state index in [9.17, 15) is 8.42 Å². The largest absolute Gasteiger partial charge is 0.215 e. The Bertz CT molecular complexity index is 182. The lowest BCUT2D eigenvalue weighted by Crippen LogP contribution is -2.24. The Morgan fingerprint density at radius 1 is 1.40 bits per heavy atom.